The van der Waals surface area contributed by atoms with Gasteiger partial charge in [0.2, 0.25) is 0 Å². The molecule has 4 heteroatoms. The van der Waals surface area contributed by atoms with Crippen LogP contribution in [0.15, 0.2) is 29.2 Å². The first kappa shape index (κ1) is 15.4. The fraction of sp³-hybridized carbons (Fsp3) is 0.562. The van der Waals surface area contributed by atoms with Crippen molar-refractivity contribution in [2.24, 2.45) is 5.92 Å². The molecule has 1 saturated heterocycles. The highest BCUT2D eigenvalue weighted by atomic mass is 32.2. The molecule has 20 heavy (non-hydrogen) atoms. The average Bonchev–Trinajstić information content (AvgIpc) is 2.42. The Morgan fingerprint density at radius 3 is 2.75 bits per heavy atom. The van der Waals surface area contributed by atoms with E-state index in [9.17, 15) is 9.90 Å². The lowest BCUT2D eigenvalue weighted by Crippen LogP contribution is -2.47. The number of carbonyl (C=O) groups is 1. The molecule has 1 aromatic rings. The number of aliphatic carboxylic acids is 1. The number of thioether (sulfide) groups is 1. The quantitative estimate of drug-likeness (QED) is 0.846. The molecule has 0 amide bonds. The first-order valence-electron chi connectivity index (χ1n) is 7.22. The minimum atomic E-state index is -0.670. The zero-order chi connectivity index (χ0) is 14.5. The van der Waals surface area contributed by atoms with Crippen LogP contribution in [0.5, 0.6) is 0 Å². The van der Waals surface area contributed by atoms with E-state index in [1.165, 1.54) is 10.5 Å². The zero-order valence-corrected chi connectivity index (χ0v) is 13.0. The summed E-state index contributed by atoms with van der Waals surface area (Å²) in [5, 5.41) is 9.32. The second-order valence-corrected chi connectivity index (χ2v) is 6.85. The van der Waals surface area contributed by atoms with Gasteiger partial charge in [-0.1, -0.05) is 24.6 Å². The Morgan fingerprint density at radius 1 is 1.40 bits per heavy atom. The van der Waals surface area contributed by atoms with Crippen molar-refractivity contribution in [1.29, 1.82) is 0 Å². The Kier molecular flexibility index (Phi) is 5.49. The van der Waals surface area contributed by atoms with Crippen LogP contribution in [0.3, 0.4) is 0 Å². The minimum Gasteiger partial charge on any atom is -0.480 e. The molecule has 0 spiro atoms. The van der Waals surface area contributed by atoms with E-state index >= 15 is 0 Å². The summed E-state index contributed by atoms with van der Waals surface area (Å²) in [5.41, 5.74) is 1.27. The number of rotatable bonds is 5. The van der Waals surface area contributed by atoms with Gasteiger partial charge in [-0.2, -0.15) is 0 Å². The van der Waals surface area contributed by atoms with Crippen LogP contribution in [0.4, 0.5) is 0 Å². The van der Waals surface area contributed by atoms with Crippen LogP contribution in [0.2, 0.25) is 0 Å². The molecule has 110 valence electrons. The summed E-state index contributed by atoms with van der Waals surface area (Å²) < 4.78 is 0. The minimum absolute atomic E-state index is 0.294. The summed E-state index contributed by atoms with van der Waals surface area (Å²) in [5.74, 6) is 0.801. The van der Waals surface area contributed by atoms with Crippen LogP contribution in [0.1, 0.15) is 25.3 Å². The fourth-order valence-corrected chi connectivity index (χ4v) is 3.52. The number of benzene rings is 1. The Hall–Kier alpha value is -1.00. The second kappa shape index (κ2) is 7.14. The Balaban J connectivity index is 1.83. The summed E-state index contributed by atoms with van der Waals surface area (Å²) in [4.78, 5) is 14.7. The first-order chi connectivity index (χ1) is 9.56. The van der Waals surface area contributed by atoms with Crippen LogP contribution >= 0.6 is 11.8 Å². The molecule has 1 fully saturated rings. The molecule has 0 bridgehead atoms. The number of hydrogen-bond donors (Lipinski definition) is 1. The molecule has 2 atom stereocenters. The summed E-state index contributed by atoms with van der Waals surface area (Å²) in [6, 6.07) is 8.20. The maximum absolute atomic E-state index is 11.3. The summed E-state index contributed by atoms with van der Waals surface area (Å²) in [7, 11) is 0. The number of hydrogen-bond acceptors (Lipinski definition) is 3. The average molecular weight is 293 g/mol. The van der Waals surface area contributed by atoms with Gasteiger partial charge in [0.25, 0.3) is 0 Å². The molecule has 2 rings (SSSR count). The van der Waals surface area contributed by atoms with E-state index in [0.29, 0.717) is 5.92 Å². The van der Waals surface area contributed by atoms with Gasteiger partial charge in [-0.05, 0) is 44.4 Å². The predicted molar refractivity (Wildman–Crippen MR) is 83.3 cm³/mol. The van der Waals surface area contributed by atoms with E-state index in [1.54, 1.807) is 11.8 Å². The van der Waals surface area contributed by atoms with Gasteiger partial charge < -0.3 is 5.11 Å². The third-order valence-corrected chi connectivity index (χ3v) is 4.92. The number of piperidine rings is 1. The highest BCUT2D eigenvalue weighted by Gasteiger charge is 2.31. The molecule has 3 nitrogen and oxygen atoms in total. The molecule has 0 aromatic heterocycles. The van der Waals surface area contributed by atoms with E-state index in [2.05, 4.69) is 43.0 Å². The van der Waals surface area contributed by atoms with Crippen molar-refractivity contribution in [3.8, 4) is 0 Å². The van der Waals surface area contributed by atoms with Crippen molar-refractivity contribution in [1.82, 2.24) is 4.90 Å². The number of likely N-dealkylation sites (tertiary alicyclic amines) is 1. The van der Waals surface area contributed by atoms with Gasteiger partial charge in [0.15, 0.2) is 0 Å². The SMILES string of the molecule is Cc1ccc(SCCN2CCC(C)CC2C(=O)O)cc1. The summed E-state index contributed by atoms with van der Waals surface area (Å²) in [6.45, 7) is 5.99. The molecular weight excluding hydrogens is 270 g/mol. The van der Waals surface area contributed by atoms with E-state index in [-0.39, 0.29) is 6.04 Å². The lowest BCUT2D eigenvalue weighted by molar-refractivity contribution is -0.145. The van der Waals surface area contributed by atoms with Crippen LogP contribution < -0.4 is 0 Å². The maximum Gasteiger partial charge on any atom is 0.320 e. The lowest BCUT2D eigenvalue weighted by atomic mass is 9.92. The monoisotopic (exact) mass is 293 g/mol. The van der Waals surface area contributed by atoms with E-state index < -0.39 is 5.97 Å². The smallest absolute Gasteiger partial charge is 0.320 e. The van der Waals surface area contributed by atoms with Crippen LogP contribution in [-0.2, 0) is 4.79 Å². The maximum atomic E-state index is 11.3. The number of carboxylic acids is 1. The molecule has 1 aliphatic rings. The Morgan fingerprint density at radius 2 is 2.10 bits per heavy atom. The fourth-order valence-electron chi connectivity index (χ4n) is 2.63. The third kappa shape index (κ3) is 4.25. The van der Waals surface area contributed by atoms with Gasteiger partial charge in [0.1, 0.15) is 6.04 Å². The van der Waals surface area contributed by atoms with Crippen molar-refractivity contribution in [3.63, 3.8) is 0 Å². The van der Waals surface area contributed by atoms with E-state index in [1.807, 2.05) is 0 Å². The van der Waals surface area contributed by atoms with E-state index in [4.69, 9.17) is 0 Å². The van der Waals surface area contributed by atoms with Crippen molar-refractivity contribution in [2.75, 3.05) is 18.8 Å². The van der Waals surface area contributed by atoms with Gasteiger partial charge in [-0.15, -0.1) is 11.8 Å². The number of carboxylic acid groups (broad SMARTS) is 1. The summed E-state index contributed by atoms with van der Waals surface area (Å²) >= 11 is 1.80. The standard InChI is InChI=1S/C16H23NO2S/c1-12-3-5-14(6-4-12)20-10-9-17-8-7-13(2)11-15(17)16(18)19/h3-6,13,15H,7-11H2,1-2H3,(H,18,19). The Labute approximate surface area is 125 Å². The predicted octanol–water partition coefficient (Wildman–Crippen LogP) is 3.27. The topological polar surface area (TPSA) is 40.5 Å². The first-order valence-corrected chi connectivity index (χ1v) is 8.21. The molecule has 1 heterocycles. The molecule has 0 saturated carbocycles. The van der Waals surface area contributed by atoms with Crippen molar-refractivity contribution >= 4 is 17.7 Å². The van der Waals surface area contributed by atoms with Gasteiger partial charge in [0.05, 0.1) is 0 Å². The van der Waals surface area contributed by atoms with Gasteiger partial charge >= 0.3 is 5.97 Å². The van der Waals surface area contributed by atoms with Gasteiger partial charge in [-0.25, -0.2) is 0 Å². The number of aryl methyl sites for hydroxylation is 1. The number of nitrogens with zero attached hydrogens (tertiary/aromatic N) is 1. The molecule has 1 aromatic carbocycles. The molecule has 1 N–H and O–H groups in total. The van der Waals surface area contributed by atoms with Crippen LogP contribution in [0.25, 0.3) is 0 Å². The molecule has 2 unspecified atom stereocenters. The highest BCUT2D eigenvalue weighted by molar-refractivity contribution is 7.99. The largest absolute Gasteiger partial charge is 0.480 e. The highest BCUT2D eigenvalue weighted by Crippen LogP contribution is 2.24. The van der Waals surface area contributed by atoms with Gasteiger partial charge in [0, 0.05) is 17.2 Å². The van der Waals surface area contributed by atoms with Crippen molar-refractivity contribution < 1.29 is 9.90 Å². The second-order valence-electron chi connectivity index (χ2n) is 5.68. The van der Waals surface area contributed by atoms with Crippen molar-refractivity contribution in [2.45, 2.75) is 37.6 Å². The Bertz CT molecular complexity index is 446. The summed E-state index contributed by atoms with van der Waals surface area (Å²) in [6.07, 6.45) is 1.89. The van der Waals surface area contributed by atoms with Crippen molar-refractivity contribution in [3.05, 3.63) is 29.8 Å². The lowest BCUT2D eigenvalue weighted by Gasteiger charge is -2.35. The third-order valence-electron chi connectivity index (χ3n) is 3.93. The zero-order valence-electron chi connectivity index (χ0n) is 12.2. The normalized spacial score (nSPS) is 23.7. The van der Waals surface area contributed by atoms with Gasteiger partial charge in [-0.3, -0.25) is 9.69 Å². The molecular formula is C16H23NO2S. The van der Waals surface area contributed by atoms with Crippen LogP contribution in [0, 0.1) is 12.8 Å². The van der Waals surface area contributed by atoms with E-state index in [0.717, 1.165) is 31.7 Å². The van der Waals surface area contributed by atoms with Crippen LogP contribution in [-0.4, -0.2) is 40.9 Å². The molecule has 1 aliphatic heterocycles. The molecule has 0 aliphatic carbocycles. The molecule has 0 radical (unpaired) electrons.